The number of amides is 1. The number of carbonyl (C=O) groups excluding carboxylic acids is 1. The number of carbonyl (C=O) groups is 1. The van der Waals surface area contributed by atoms with Crippen molar-refractivity contribution in [3.05, 3.63) is 66.6 Å². The number of thiophene rings is 1. The van der Waals surface area contributed by atoms with Crippen LogP contribution < -0.4 is 5.43 Å². The van der Waals surface area contributed by atoms with Gasteiger partial charge in [-0.2, -0.15) is 5.10 Å². The molecular weight excluding hydrogens is 525 g/mol. The largest absolute Gasteiger partial charge is 0.313 e. The zero-order valence-corrected chi connectivity index (χ0v) is 21.8. The van der Waals surface area contributed by atoms with E-state index in [9.17, 15) is 14.9 Å². The zero-order valence-electron chi connectivity index (χ0n) is 19.4. The number of nitrogens with one attached hydrogen (secondary N) is 1. The molecule has 188 valence electrons. The fourth-order valence-electron chi connectivity index (χ4n) is 3.88. The van der Waals surface area contributed by atoms with E-state index in [1.165, 1.54) is 11.3 Å². The Kier molecular flexibility index (Phi) is 8.48. The molecule has 0 atom stereocenters. The number of hydrazine groups is 1. The summed E-state index contributed by atoms with van der Waals surface area (Å²) < 4.78 is 1.66. The average molecular weight is 548 g/mol. The molecule has 1 saturated heterocycles. The maximum absolute atomic E-state index is 13.2. The molecule has 0 spiro atoms. The number of nitrogens with zero attached hydrogens (tertiary/aromatic N) is 4. The van der Waals surface area contributed by atoms with E-state index in [1.54, 1.807) is 22.9 Å². The summed E-state index contributed by atoms with van der Waals surface area (Å²) in [5.41, 5.74) is 5.30. The Morgan fingerprint density at radius 2 is 2.03 bits per heavy atom. The number of hydrogen-bond acceptors (Lipinski definition) is 7. The Balaban J connectivity index is 1.68. The lowest BCUT2D eigenvalue weighted by molar-refractivity contribution is -0.757. The minimum Gasteiger partial charge on any atom is -0.313 e. The molecule has 1 aromatic carbocycles. The maximum atomic E-state index is 13.2. The highest BCUT2D eigenvalue weighted by Crippen LogP contribution is 2.36. The number of hydrogen-bond donors (Lipinski definition) is 1. The van der Waals surface area contributed by atoms with Crippen LogP contribution >= 0.6 is 34.5 Å². The van der Waals surface area contributed by atoms with Crippen LogP contribution in [0.3, 0.4) is 0 Å². The highest BCUT2D eigenvalue weighted by molar-refractivity contribution is 7.16. The van der Waals surface area contributed by atoms with E-state index in [1.807, 2.05) is 24.1 Å². The van der Waals surface area contributed by atoms with Crippen LogP contribution in [0.1, 0.15) is 46.6 Å². The van der Waals surface area contributed by atoms with Crippen LogP contribution in [0.2, 0.25) is 10.0 Å². The minimum absolute atomic E-state index is 0.0886. The topological polar surface area (TPSA) is 103 Å². The molecule has 1 N–H and O–H groups in total. The van der Waals surface area contributed by atoms with Crippen LogP contribution in [-0.2, 0) is 4.84 Å². The Bertz CT molecular complexity index is 1340. The van der Waals surface area contributed by atoms with Gasteiger partial charge in [0.25, 0.3) is 11.0 Å². The van der Waals surface area contributed by atoms with Gasteiger partial charge in [-0.05, 0) is 50.1 Å². The number of halogens is 2. The molecule has 0 saturated carbocycles. The average Bonchev–Trinajstić information content (AvgIpc) is 3.43. The second-order valence-corrected chi connectivity index (χ2v) is 10.0. The Labute approximate surface area is 222 Å². The lowest BCUT2D eigenvalue weighted by Crippen LogP contribution is -2.45. The van der Waals surface area contributed by atoms with Crippen molar-refractivity contribution in [2.24, 2.45) is 0 Å². The molecule has 0 unspecified atom stereocenters. The first-order chi connectivity index (χ1) is 17.3. The molecule has 3 aromatic rings. The fraction of sp³-hybridized carbons (Fsp3) is 0.333. The molecule has 1 aliphatic heterocycles. The molecule has 9 nitrogen and oxygen atoms in total. The summed E-state index contributed by atoms with van der Waals surface area (Å²) in [5, 5.41) is 16.9. The first-order valence-corrected chi connectivity index (χ1v) is 12.9. The van der Waals surface area contributed by atoms with Gasteiger partial charge in [-0.1, -0.05) is 41.5 Å². The molecule has 4 rings (SSSR count). The number of rotatable bonds is 7. The summed E-state index contributed by atoms with van der Waals surface area (Å²) in [6.07, 6.45) is 3.46. The molecule has 1 fully saturated rings. The van der Waals surface area contributed by atoms with Crippen LogP contribution in [0, 0.1) is 28.9 Å². The summed E-state index contributed by atoms with van der Waals surface area (Å²) >= 11 is 14.0. The van der Waals surface area contributed by atoms with Crippen LogP contribution in [0.15, 0.2) is 30.3 Å². The van der Waals surface area contributed by atoms with Crippen molar-refractivity contribution >= 4 is 40.4 Å². The summed E-state index contributed by atoms with van der Waals surface area (Å²) in [6.45, 7) is 3.38. The van der Waals surface area contributed by atoms with Crippen molar-refractivity contribution in [3.8, 4) is 28.1 Å². The summed E-state index contributed by atoms with van der Waals surface area (Å²) in [7, 11) is 0. The minimum atomic E-state index is -0.838. The van der Waals surface area contributed by atoms with E-state index in [4.69, 9.17) is 23.2 Å². The number of benzene rings is 1. The second kappa shape index (κ2) is 11.8. The lowest BCUT2D eigenvalue weighted by Gasteiger charge is -2.26. The van der Waals surface area contributed by atoms with Crippen molar-refractivity contribution in [2.75, 3.05) is 19.7 Å². The fourth-order valence-corrected chi connectivity index (χ4v) is 5.34. The predicted molar refractivity (Wildman–Crippen MR) is 139 cm³/mol. The third-order valence-electron chi connectivity index (χ3n) is 5.57. The van der Waals surface area contributed by atoms with Gasteiger partial charge < -0.3 is 4.84 Å². The van der Waals surface area contributed by atoms with E-state index in [0.717, 1.165) is 47.8 Å². The summed E-state index contributed by atoms with van der Waals surface area (Å²) in [5.74, 6) is 5.59. The third-order valence-corrected chi connectivity index (χ3v) is 7.11. The molecule has 12 heteroatoms. The highest BCUT2D eigenvalue weighted by Gasteiger charge is 2.25. The van der Waals surface area contributed by atoms with Crippen LogP contribution in [-0.4, -0.2) is 45.5 Å². The van der Waals surface area contributed by atoms with Crippen molar-refractivity contribution in [3.63, 3.8) is 0 Å². The molecule has 0 aliphatic carbocycles. The van der Waals surface area contributed by atoms with Gasteiger partial charge in [-0.15, -0.1) is 21.5 Å². The zero-order chi connectivity index (χ0) is 25.7. The quantitative estimate of drug-likeness (QED) is 0.186. The summed E-state index contributed by atoms with van der Waals surface area (Å²) in [6, 6.07) is 8.87. The SMILES string of the molecule is Cc1c(C(=O)NN2CCCCC2)nn(-c2ccc(Cl)cc2Cl)c1-c1ccc(C#CCCO[N+](=O)[O-])s1. The second-order valence-electron chi connectivity index (χ2n) is 8.09. The predicted octanol–water partition coefficient (Wildman–Crippen LogP) is 5.30. The normalized spacial score (nSPS) is 13.6. The van der Waals surface area contributed by atoms with Crippen molar-refractivity contribution in [1.29, 1.82) is 0 Å². The molecule has 0 bridgehead atoms. The van der Waals surface area contributed by atoms with E-state index in [-0.39, 0.29) is 18.9 Å². The molecule has 3 heterocycles. The van der Waals surface area contributed by atoms with E-state index in [0.29, 0.717) is 27.0 Å². The van der Waals surface area contributed by atoms with Gasteiger partial charge in [0.05, 0.1) is 26.2 Å². The molecule has 0 radical (unpaired) electrons. The maximum Gasteiger partial charge on any atom is 0.294 e. The molecule has 2 aromatic heterocycles. The first-order valence-electron chi connectivity index (χ1n) is 11.3. The van der Waals surface area contributed by atoms with Crippen LogP contribution in [0.25, 0.3) is 16.3 Å². The van der Waals surface area contributed by atoms with Gasteiger partial charge in [-0.3, -0.25) is 10.2 Å². The standard InChI is InChI=1S/C24H23Cl2N5O4S/c1-16-22(24(32)28-29-12-4-2-5-13-29)27-30(20-10-8-17(25)15-19(20)26)23(16)21-11-9-18(36-21)7-3-6-14-35-31(33)34/h8-11,15H,2,4-6,12-14H2,1H3,(H,28,32). The van der Waals surface area contributed by atoms with Crippen LogP contribution in [0.4, 0.5) is 0 Å². The van der Waals surface area contributed by atoms with Gasteiger partial charge in [0.1, 0.15) is 6.61 Å². The van der Waals surface area contributed by atoms with Gasteiger partial charge >= 0.3 is 0 Å². The van der Waals surface area contributed by atoms with E-state index >= 15 is 0 Å². The van der Waals surface area contributed by atoms with E-state index in [2.05, 4.69) is 27.2 Å². The van der Waals surface area contributed by atoms with Crippen LogP contribution in [0.5, 0.6) is 0 Å². The van der Waals surface area contributed by atoms with Gasteiger partial charge in [-0.25, -0.2) is 9.69 Å². The Morgan fingerprint density at radius 1 is 1.25 bits per heavy atom. The van der Waals surface area contributed by atoms with E-state index < -0.39 is 5.09 Å². The Hall–Kier alpha value is -3.10. The monoisotopic (exact) mass is 547 g/mol. The molecular formula is C24H23Cl2N5O4S. The number of aromatic nitrogens is 2. The molecule has 1 aliphatic rings. The Morgan fingerprint density at radius 3 is 2.75 bits per heavy atom. The van der Waals surface area contributed by atoms with Crippen molar-refractivity contribution in [2.45, 2.75) is 32.6 Å². The van der Waals surface area contributed by atoms with Crippen molar-refractivity contribution < 1.29 is 14.7 Å². The summed E-state index contributed by atoms with van der Waals surface area (Å²) in [4.78, 5) is 29.3. The van der Waals surface area contributed by atoms with Gasteiger partial charge in [0.15, 0.2) is 5.69 Å². The number of piperidine rings is 1. The van der Waals surface area contributed by atoms with Gasteiger partial charge in [0, 0.05) is 30.1 Å². The molecule has 1 amide bonds. The first kappa shape index (κ1) is 26.0. The molecule has 36 heavy (non-hydrogen) atoms. The third kappa shape index (κ3) is 6.17. The van der Waals surface area contributed by atoms with Gasteiger partial charge in [0.2, 0.25) is 0 Å². The smallest absolute Gasteiger partial charge is 0.294 e. The lowest BCUT2D eigenvalue weighted by atomic mass is 10.1. The van der Waals surface area contributed by atoms with Crippen molar-refractivity contribution in [1.82, 2.24) is 20.2 Å². The highest BCUT2D eigenvalue weighted by atomic mass is 35.5.